The maximum atomic E-state index is 11.1. The normalized spacial score (nSPS) is 11.3. The molecule has 2 aromatic rings. The number of rotatable bonds is 6. The van der Waals surface area contributed by atoms with E-state index in [0.717, 1.165) is 24.7 Å². The third-order valence-corrected chi connectivity index (χ3v) is 4.62. The first-order chi connectivity index (χ1) is 12.9. The first-order valence-electron chi connectivity index (χ1n) is 7.38. The second-order valence-corrected chi connectivity index (χ2v) is 8.72. The van der Waals surface area contributed by atoms with E-state index in [1.54, 1.807) is 13.8 Å². The standard InChI is InChI=1S/C7H7ClO5S.C7H9NO5S/c2*1-2-12-7(9)5-3-6(13-4-5)14(8,10)11/h3-4H,2H2,1H3;3-4H,2H2,1H3,(H2,8,10,11). The van der Waals surface area contributed by atoms with Crippen LogP contribution in [0.2, 0.25) is 0 Å². The van der Waals surface area contributed by atoms with Gasteiger partial charge in [0.05, 0.1) is 24.3 Å². The summed E-state index contributed by atoms with van der Waals surface area (Å²) in [4.78, 5) is 22.1. The van der Waals surface area contributed by atoms with E-state index < -0.39 is 41.2 Å². The molecule has 2 N–H and O–H groups in total. The van der Waals surface area contributed by atoms with Crippen molar-refractivity contribution in [2.45, 2.75) is 24.0 Å². The second kappa shape index (κ2) is 9.73. The van der Waals surface area contributed by atoms with Gasteiger partial charge >= 0.3 is 11.9 Å². The summed E-state index contributed by atoms with van der Waals surface area (Å²) in [5.41, 5.74) is 0.0435. The van der Waals surface area contributed by atoms with Gasteiger partial charge in [-0.25, -0.2) is 31.6 Å². The Kier molecular flexibility index (Phi) is 8.23. The van der Waals surface area contributed by atoms with Gasteiger partial charge in [0, 0.05) is 22.8 Å². The molecule has 11 nitrogen and oxygen atoms in total. The fourth-order valence-corrected chi connectivity index (χ4v) is 2.70. The average Bonchev–Trinajstić information content (AvgIpc) is 3.25. The number of halogens is 1. The summed E-state index contributed by atoms with van der Waals surface area (Å²) >= 11 is 0. The Balaban J connectivity index is 0.000000280. The van der Waals surface area contributed by atoms with Crippen molar-refractivity contribution in [2.75, 3.05) is 13.2 Å². The second-order valence-electron chi connectivity index (χ2n) is 4.73. The van der Waals surface area contributed by atoms with Crippen LogP contribution in [0.4, 0.5) is 0 Å². The molecule has 0 saturated heterocycles. The van der Waals surface area contributed by atoms with Crippen LogP contribution in [-0.2, 0) is 28.5 Å². The molecule has 0 aliphatic carbocycles. The number of furan rings is 2. The highest BCUT2D eigenvalue weighted by Gasteiger charge is 2.19. The molecule has 0 fully saturated rings. The van der Waals surface area contributed by atoms with Crippen LogP contribution < -0.4 is 5.14 Å². The Morgan fingerprint density at radius 1 is 0.929 bits per heavy atom. The molecule has 0 aliphatic rings. The van der Waals surface area contributed by atoms with E-state index in [2.05, 4.69) is 18.3 Å². The third kappa shape index (κ3) is 6.99. The van der Waals surface area contributed by atoms with E-state index in [0.29, 0.717) is 0 Å². The fourth-order valence-electron chi connectivity index (χ4n) is 1.55. The van der Waals surface area contributed by atoms with Gasteiger partial charge in [0.2, 0.25) is 10.2 Å². The Bertz CT molecular complexity index is 952. The lowest BCUT2D eigenvalue weighted by atomic mass is 10.3. The van der Waals surface area contributed by atoms with E-state index in [4.69, 9.17) is 15.8 Å². The Labute approximate surface area is 164 Å². The highest BCUT2D eigenvalue weighted by molar-refractivity contribution is 8.13. The topological polar surface area (TPSA) is 173 Å². The minimum absolute atomic E-state index is 0.0195. The maximum Gasteiger partial charge on any atom is 0.341 e. The molecule has 0 spiro atoms. The van der Waals surface area contributed by atoms with Crippen LogP contribution in [0.5, 0.6) is 0 Å². The molecule has 2 aromatic heterocycles. The number of hydrogen-bond donors (Lipinski definition) is 1. The van der Waals surface area contributed by atoms with Gasteiger partial charge in [-0.2, -0.15) is 0 Å². The number of nitrogens with two attached hydrogens (primary N) is 1. The zero-order valence-electron chi connectivity index (χ0n) is 14.6. The molecule has 28 heavy (non-hydrogen) atoms. The van der Waals surface area contributed by atoms with Gasteiger partial charge in [0.25, 0.3) is 19.1 Å². The first-order valence-corrected chi connectivity index (χ1v) is 11.2. The molecule has 14 heteroatoms. The maximum absolute atomic E-state index is 11.1. The molecule has 0 aliphatic heterocycles. The van der Waals surface area contributed by atoms with E-state index in [1.165, 1.54) is 0 Å². The average molecular weight is 458 g/mol. The minimum atomic E-state index is -3.93. The fraction of sp³-hybridized carbons (Fsp3) is 0.286. The van der Waals surface area contributed by atoms with Crippen LogP contribution in [0.25, 0.3) is 0 Å². The van der Waals surface area contributed by atoms with Crippen LogP contribution in [-0.4, -0.2) is 42.0 Å². The van der Waals surface area contributed by atoms with E-state index in [9.17, 15) is 26.4 Å². The van der Waals surface area contributed by atoms with Crippen molar-refractivity contribution in [1.29, 1.82) is 0 Å². The first kappa shape index (κ1) is 23.7. The van der Waals surface area contributed by atoms with Gasteiger partial charge in [-0.15, -0.1) is 0 Å². The summed E-state index contributed by atoms with van der Waals surface area (Å²) in [7, 11) is -2.86. The predicted octanol–water partition coefficient (Wildman–Crippen LogP) is 1.49. The Morgan fingerprint density at radius 3 is 1.61 bits per heavy atom. The van der Waals surface area contributed by atoms with E-state index >= 15 is 0 Å². The molecule has 0 saturated carbocycles. The Hall–Kier alpha value is -2.35. The van der Waals surface area contributed by atoms with Crippen molar-refractivity contribution >= 4 is 41.7 Å². The summed E-state index contributed by atoms with van der Waals surface area (Å²) in [5.74, 6) is -1.30. The predicted molar refractivity (Wildman–Crippen MR) is 93.7 cm³/mol. The van der Waals surface area contributed by atoms with Gasteiger partial charge < -0.3 is 18.3 Å². The van der Waals surface area contributed by atoms with Crippen molar-refractivity contribution in [2.24, 2.45) is 5.14 Å². The van der Waals surface area contributed by atoms with Crippen molar-refractivity contribution in [3.8, 4) is 0 Å². The van der Waals surface area contributed by atoms with Crippen LogP contribution in [0.1, 0.15) is 34.6 Å². The largest absolute Gasteiger partial charge is 0.462 e. The molecule has 156 valence electrons. The van der Waals surface area contributed by atoms with Gasteiger partial charge in [0.1, 0.15) is 12.5 Å². The molecule has 0 radical (unpaired) electrons. The molecule has 2 heterocycles. The number of hydrogen-bond acceptors (Lipinski definition) is 10. The number of esters is 2. The summed E-state index contributed by atoms with van der Waals surface area (Å²) < 4.78 is 61.4. The summed E-state index contributed by atoms with van der Waals surface area (Å²) in [6.45, 7) is 3.68. The van der Waals surface area contributed by atoms with Crippen molar-refractivity contribution in [1.82, 2.24) is 0 Å². The SMILES string of the molecule is CCOC(=O)c1coc(S(=O)(=O)Cl)c1.CCOC(=O)c1coc(S(N)(=O)=O)c1. The quantitative estimate of drug-likeness (QED) is 0.494. The summed E-state index contributed by atoms with van der Waals surface area (Å²) in [6.07, 6.45) is 1.96. The van der Waals surface area contributed by atoms with E-state index in [1.807, 2.05) is 0 Å². The number of carbonyl (C=O) groups excluding carboxylic acids is 2. The molecule has 2 rings (SSSR count). The summed E-state index contributed by atoms with van der Waals surface area (Å²) in [6, 6.07) is 2.04. The zero-order chi connectivity index (χ0) is 21.5. The van der Waals surface area contributed by atoms with Crippen molar-refractivity contribution in [3.63, 3.8) is 0 Å². The highest BCUT2D eigenvalue weighted by Crippen LogP contribution is 2.18. The monoisotopic (exact) mass is 457 g/mol. The van der Waals surface area contributed by atoms with Gasteiger partial charge in [-0.05, 0) is 13.8 Å². The molecule has 0 atom stereocenters. The molecular formula is C14H16ClNO10S2. The van der Waals surface area contributed by atoms with Crippen LogP contribution >= 0.6 is 10.7 Å². The van der Waals surface area contributed by atoms with E-state index in [-0.39, 0.29) is 24.3 Å². The minimum Gasteiger partial charge on any atom is -0.462 e. The highest BCUT2D eigenvalue weighted by atomic mass is 35.7. The summed E-state index contributed by atoms with van der Waals surface area (Å²) in [5, 5.41) is 3.84. The van der Waals surface area contributed by atoms with Gasteiger partial charge in [-0.3, -0.25) is 0 Å². The Morgan fingerprint density at radius 2 is 1.32 bits per heavy atom. The number of carbonyl (C=O) groups is 2. The van der Waals surface area contributed by atoms with Crippen LogP contribution in [0.3, 0.4) is 0 Å². The van der Waals surface area contributed by atoms with Crippen molar-refractivity contribution < 1.29 is 44.7 Å². The van der Waals surface area contributed by atoms with Crippen LogP contribution in [0, 0.1) is 0 Å². The molecule has 0 bridgehead atoms. The molecular weight excluding hydrogens is 442 g/mol. The van der Waals surface area contributed by atoms with Crippen LogP contribution in [0.15, 0.2) is 43.7 Å². The lowest BCUT2D eigenvalue weighted by molar-refractivity contribution is 0.0516. The lowest BCUT2D eigenvalue weighted by Gasteiger charge is -1.95. The lowest BCUT2D eigenvalue weighted by Crippen LogP contribution is -2.11. The zero-order valence-corrected chi connectivity index (χ0v) is 17.0. The molecule has 0 unspecified atom stereocenters. The number of ether oxygens (including phenoxy) is 2. The van der Waals surface area contributed by atoms with Gasteiger partial charge in [0.15, 0.2) is 0 Å². The molecule has 0 aromatic carbocycles. The van der Waals surface area contributed by atoms with Gasteiger partial charge in [-0.1, -0.05) is 0 Å². The number of sulfonamides is 1. The molecule has 0 amide bonds. The third-order valence-electron chi connectivity index (χ3n) is 2.69. The van der Waals surface area contributed by atoms with Crippen molar-refractivity contribution in [3.05, 3.63) is 35.8 Å². The smallest absolute Gasteiger partial charge is 0.341 e. The number of primary sulfonamides is 1.